The zero-order chi connectivity index (χ0) is 44.7. The van der Waals surface area contributed by atoms with Gasteiger partial charge in [-0.25, -0.2) is 4.98 Å². The number of nitrogens with one attached hydrogen (secondary N) is 3. The van der Waals surface area contributed by atoms with Crippen LogP contribution in [0.15, 0.2) is 48.7 Å². The van der Waals surface area contributed by atoms with E-state index in [1.807, 2.05) is 36.9 Å². The lowest BCUT2D eigenvalue weighted by atomic mass is 9.75. The molecule has 2 aromatic carbocycles. The number of amides is 4. The molecule has 330 valence electrons. The summed E-state index contributed by atoms with van der Waals surface area (Å²) in [5.41, 5.74) is -1.35. The van der Waals surface area contributed by atoms with Crippen molar-refractivity contribution in [2.45, 2.75) is 101 Å². The highest BCUT2D eigenvalue weighted by atomic mass is 35.5. The molecule has 1 aromatic heterocycles. The average Bonchev–Trinajstić information content (AvgIpc) is 3.42. The van der Waals surface area contributed by atoms with Crippen LogP contribution in [0.3, 0.4) is 0 Å². The first-order chi connectivity index (χ1) is 29.4. The predicted molar refractivity (Wildman–Crippen MR) is 231 cm³/mol. The summed E-state index contributed by atoms with van der Waals surface area (Å²) in [4.78, 5) is 62.5. The van der Waals surface area contributed by atoms with Gasteiger partial charge in [0, 0.05) is 60.2 Å². The zero-order valence-electron chi connectivity index (χ0n) is 34.8. The first-order valence-corrected chi connectivity index (χ1v) is 21.5. The van der Waals surface area contributed by atoms with Crippen LogP contribution in [-0.4, -0.2) is 100 Å². The first-order valence-electron chi connectivity index (χ1n) is 20.6. The largest absolute Gasteiger partial charge is 0.492 e. The molecule has 2 unspecified atom stereocenters. The van der Waals surface area contributed by atoms with E-state index in [1.165, 1.54) is 11.0 Å². The van der Waals surface area contributed by atoms with Crippen molar-refractivity contribution < 1.29 is 37.1 Å². The topological polar surface area (TPSA) is 163 Å². The number of pyridine rings is 1. The van der Waals surface area contributed by atoms with Crippen LogP contribution in [0.5, 0.6) is 5.75 Å². The molecular weight excluding hydrogens is 847 g/mol. The summed E-state index contributed by atoms with van der Waals surface area (Å²) in [6.07, 6.45) is -1.36. The maximum Gasteiger partial charge on any atom is 0.419 e. The van der Waals surface area contributed by atoms with Gasteiger partial charge in [-0.05, 0) is 93.5 Å². The minimum Gasteiger partial charge on any atom is -0.492 e. The number of aromatic nitrogens is 1. The normalized spacial score (nSPS) is 23.0. The third-order valence-electron chi connectivity index (χ3n) is 12.1. The van der Waals surface area contributed by atoms with Crippen LogP contribution in [0, 0.1) is 11.3 Å². The highest BCUT2D eigenvalue weighted by Crippen LogP contribution is 2.51. The number of piperazine rings is 1. The smallest absolute Gasteiger partial charge is 0.419 e. The van der Waals surface area contributed by atoms with Gasteiger partial charge in [0.2, 0.25) is 17.7 Å². The van der Waals surface area contributed by atoms with Crippen molar-refractivity contribution in [3.8, 4) is 11.8 Å². The zero-order valence-corrected chi connectivity index (χ0v) is 36.4. The summed E-state index contributed by atoms with van der Waals surface area (Å²) in [5, 5.41) is 18.0. The molecular formula is C43H49ClF3N9O5S. The van der Waals surface area contributed by atoms with Gasteiger partial charge in [0.05, 0.1) is 24.0 Å². The molecule has 1 spiro atoms. The Balaban J connectivity index is 0.961. The third kappa shape index (κ3) is 9.17. The van der Waals surface area contributed by atoms with Crippen molar-refractivity contribution in [3.05, 3.63) is 70.5 Å². The van der Waals surface area contributed by atoms with Gasteiger partial charge in [-0.15, -0.1) is 12.6 Å². The van der Waals surface area contributed by atoms with Gasteiger partial charge in [0.1, 0.15) is 30.0 Å². The molecule has 0 radical (unpaired) electrons. The summed E-state index contributed by atoms with van der Waals surface area (Å²) >= 11 is 11.2. The van der Waals surface area contributed by atoms with Gasteiger partial charge in [0.25, 0.3) is 5.91 Å². The Bertz CT molecular complexity index is 2280. The van der Waals surface area contributed by atoms with Gasteiger partial charge in [-0.2, -0.15) is 18.4 Å². The number of thiol groups is 1. The monoisotopic (exact) mass is 895 g/mol. The van der Waals surface area contributed by atoms with Gasteiger partial charge >= 0.3 is 6.18 Å². The predicted octanol–water partition coefficient (Wildman–Crippen LogP) is 6.37. The Morgan fingerprint density at radius 2 is 1.79 bits per heavy atom. The van der Waals surface area contributed by atoms with Crippen LogP contribution in [0.4, 0.5) is 35.9 Å². The molecule has 3 N–H and O–H groups in total. The lowest BCUT2D eigenvalue weighted by Crippen LogP contribution is -2.58. The quantitative estimate of drug-likeness (QED) is 0.118. The number of nitriles is 1. The molecule has 1 saturated carbocycles. The Morgan fingerprint density at radius 3 is 2.42 bits per heavy atom. The Morgan fingerprint density at radius 1 is 1.08 bits per heavy atom. The van der Waals surface area contributed by atoms with Crippen LogP contribution in [0.25, 0.3) is 0 Å². The molecule has 0 bridgehead atoms. The fourth-order valence-electron chi connectivity index (χ4n) is 8.91. The van der Waals surface area contributed by atoms with Crippen molar-refractivity contribution >= 4 is 70.6 Å². The SMILES string of the molecule is CC(C)c1cc(N2C(S)N(c3cnc(C#N)c(C(F)(F)F)c3)C(=O)C23CCC3)ccc1OCCN1C[C@@H](C)N(CC(=O)Nc2cc(Cl)cc(NC3CCC(=O)NC3=O)c2)[C@@H](C)C1. The molecule has 4 aliphatic rings. The fourth-order valence-corrected chi connectivity index (χ4v) is 9.74. The van der Waals surface area contributed by atoms with E-state index in [2.05, 4.69) is 44.6 Å². The maximum atomic E-state index is 14.1. The second kappa shape index (κ2) is 17.9. The number of hydrogen-bond donors (Lipinski definition) is 4. The second-order valence-corrected chi connectivity index (χ2v) is 17.7. The van der Waals surface area contributed by atoms with Gasteiger partial charge in [0.15, 0.2) is 11.2 Å². The van der Waals surface area contributed by atoms with E-state index in [9.17, 15) is 37.6 Å². The number of halogens is 4. The van der Waals surface area contributed by atoms with Gasteiger partial charge in [-0.1, -0.05) is 25.4 Å². The number of carbonyl (C=O) groups is 4. The van der Waals surface area contributed by atoms with Crippen molar-refractivity contribution in [1.82, 2.24) is 20.1 Å². The second-order valence-electron chi connectivity index (χ2n) is 16.8. The number of hydrogen-bond acceptors (Lipinski definition) is 12. The lowest BCUT2D eigenvalue weighted by Gasteiger charge is -2.45. The number of benzene rings is 2. The Kier molecular flexibility index (Phi) is 13.0. The van der Waals surface area contributed by atoms with Gasteiger partial charge in [-0.3, -0.25) is 39.2 Å². The standard InChI is InChI=1S/C43H49ClF3N9O5S/c1-24(2)32-17-30(56-41(62)55(40(60)42(56)10-5-11-42)31-18-33(43(45,46)47)35(19-48)49-20-31)6-8-36(32)61-13-12-53-21-25(3)54(26(4)22-53)23-38(58)51-29-15-27(44)14-28(16-29)50-34-7-9-37(57)52-39(34)59/h6,8,14-18,20,24-26,34,41,50,62H,5,7,9-13,21-23H2,1-4H3,(H,51,58)(H,52,57,59)/t25-,26+,34?,41?. The van der Waals surface area contributed by atoms with E-state index < -0.39 is 40.4 Å². The first kappa shape index (κ1) is 44.9. The van der Waals surface area contributed by atoms with Crippen LogP contribution >= 0.6 is 24.2 Å². The van der Waals surface area contributed by atoms with E-state index >= 15 is 0 Å². The number of nitrogens with zero attached hydrogens (tertiary/aromatic N) is 6. The number of alkyl halides is 3. The summed E-state index contributed by atoms with van der Waals surface area (Å²) in [5.74, 6) is -0.577. The highest BCUT2D eigenvalue weighted by Gasteiger charge is 2.60. The molecule has 14 nitrogen and oxygen atoms in total. The highest BCUT2D eigenvalue weighted by molar-refractivity contribution is 7.81. The molecule has 4 amide bonds. The maximum absolute atomic E-state index is 14.1. The van der Waals surface area contributed by atoms with Crippen LogP contribution < -0.4 is 30.5 Å². The van der Waals surface area contributed by atoms with Crippen LogP contribution in [0.1, 0.15) is 82.5 Å². The summed E-state index contributed by atoms with van der Waals surface area (Å²) < 4.78 is 48.0. The number of carbonyl (C=O) groups excluding carboxylic acids is 4. The number of imide groups is 1. The minimum atomic E-state index is -4.84. The fraction of sp³-hybridized carbons (Fsp3) is 0.488. The molecule has 4 fully saturated rings. The average molecular weight is 896 g/mol. The number of anilines is 4. The summed E-state index contributed by atoms with van der Waals surface area (Å²) in [6, 6.07) is 12.5. The van der Waals surface area contributed by atoms with Crippen molar-refractivity contribution in [3.63, 3.8) is 0 Å². The molecule has 1 aliphatic carbocycles. The lowest BCUT2D eigenvalue weighted by molar-refractivity contribution is -0.138. The third-order valence-corrected chi connectivity index (χ3v) is 12.8. The number of rotatable bonds is 12. The minimum absolute atomic E-state index is 0.0296. The molecule has 3 saturated heterocycles. The molecule has 62 heavy (non-hydrogen) atoms. The van der Waals surface area contributed by atoms with Gasteiger partial charge < -0.3 is 20.3 Å². The summed E-state index contributed by atoms with van der Waals surface area (Å²) in [6.45, 7) is 10.8. The molecule has 7 rings (SSSR count). The van der Waals surface area contributed by atoms with Crippen molar-refractivity contribution in [2.75, 3.05) is 53.2 Å². The number of ether oxygens (including phenoxy) is 1. The molecule has 19 heteroatoms. The number of piperidine rings is 1. The molecule has 3 aliphatic heterocycles. The van der Waals surface area contributed by atoms with E-state index in [4.69, 9.17) is 29.0 Å². The van der Waals surface area contributed by atoms with Crippen molar-refractivity contribution in [1.29, 1.82) is 5.26 Å². The van der Waals surface area contributed by atoms with E-state index in [-0.39, 0.29) is 54.4 Å². The van der Waals surface area contributed by atoms with E-state index in [1.54, 1.807) is 18.2 Å². The van der Waals surface area contributed by atoms with Crippen LogP contribution in [-0.2, 0) is 25.4 Å². The Hall–Kier alpha value is -5.09. The van der Waals surface area contributed by atoms with Crippen LogP contribution in [0.2, 0.25) is 5.02 Å². The summed E-state index contributed by atoms with van der Waals surface area (Å²) in [7, 11) is 0. The molecule has 3 aromatic rings. The molecule has 4 atom stereocenters. The Labute approximate surface area is 368 Å². The van der Waals surface area contributed by atoms with E-state index in [0.29, 0.717) is 73.3 Å². The van der Waals surface area contributed by atoms with E-state index in [0.717, 1.165) is 24.2 Å². The van der Waals surface area contributed by atoms with Crippen molar-refractivity contribution in [2.24, 2.45) is 0 Å². The molecule has 4 heterocycles.